The lowest BCUT2D eigenvalue weighted by atomic mass is 9.89. The molecule has 0 radical (unpaired) electrons. The van der Waals surface area contributed by atoms with Gasteiger partial charge in [-0.15, -0.1) is 0 Å². The summed E-state index contributed by atoms with van der Waals surface area (Å²) < 4.78 is 5.65. The second-order valence-corrected chi connectivity index (χ2v) is 6.68. The van der Waals surface area contributed by atoms with E-state index in [1.54, 1.807) is 42.6 Å². The molecule has 0 aliphatic heterocycles. The van der Waals surface area contributed by atoms with Gasteiger partial charge in [-0.2, -0.15) is 5.26 Å². The van der Waals surface area contributed by atoms with Crippen molar-refractivity contribution in [2.24, 2.45) is 5.92 Å². The molecule has 1 aliphatic rings. The average Bonchev–Trinajstić information content (AvgIpc) is 2.72. The Bertz CT molecular complexity index is 775. The van der Waals surface area contributed by atoms with E-state index in [4.69, 9.17) is 10.00 Å². The van der Waals surface area contributed by atoms with Crippen LogP contribution in [0.3, 0.4) is 0 Å². The Morgan fingerprint density at radius 3 is 2.81 bits per heavy atom. The number of carbonyl (C=O) groups excluding carboxylic acids is 1. The Morgan fingerprint density at radius 1 is 1.23 bits per heavy atom. The molecule has 134 valence electrons. The maximum atomic E-state index is 12.2. The number of pyridine rings is 1. The number of nitriles is 1. The lowest BCUT2D eigenvalue weighted by Crippen LogP contribution is -2.30. The molecule has 3 rings (SSSR count). The molecule has 1 aromatic carbocycles. The molecular weight excluding hydrogens is 326 g/mol. The Morgan fingerprint density at radius 2 is 2.08 bits per heavy atom. The van der Waals surface area contributed by atoms with Gasteiger partial charge >= 0.3 is 0 Å². The summed E-state index contributed by atoms with van der Waals surface area (Å²) in [6.07, 6.45) is 7.87. The topological polar surface area (TPSA) is 75.0 Å². The summed E-state index contributed by atoms with van der Waals surface area (Å²) in [5.74, 6) is 1.16. The van der Waals surface area contributed by atoms with Crippen molar-refractivity contribution in [3.05, 3.63) is 59.4 Å². The van der Waals surface area contributed by atoms with Crippen LogP contribution in [0.5, 0.6) is 5.75 Å². The minimum atomic E-state index is -0.0720. The molecule has 1 saturated carbocycles. The minimum absolute atomic E-state index is 0.0720. The van der Waals surface area contributed by atoms with Crippen LogP contribution in [0.1, 0.15) is 53.7 Å². The predicted molar refractivity (Wildman–Crippen MR) is 98.6 cm³/mol. The predicted octanol–water partition coefficient (Wildman–Crippen LogP) is 3.84. The van der Waals surface area contributed by atoms with Gasteiger partial charge < -0.3 is 10.1 Å². The molecule has 1 heterocycles. The third-order valence-corrected chi connectivity index (χ3v) is 4.71. The lowest BCUT2D eigenvalue weighted by Gasteiger charge is -2.21. The third kappa shape index (κ3) is 5.06. The van der Waals surface area contributed by atoms with Crippen molar-refractivity contribution in [1.82, 2.24) is 10.3 Å². The largest absolute Gasteiger partial charge is 0.487 e. The van der Waals surface area contributed by atoms with Crippen molar-refractivity contribution >= 4 is 5.91 Å². The lowest BCUT2D eigenvalue weighted by molar-refractivity contribution is 0.0943. The van der Waals surface area contributed by atoms with E-state index in [0.717, 1.165) is 12.2 Å². The zero-order chi connectivity index (χ0) is 18.2. The highest BCUT2D eigenvalue weighted by atomic mass is 16.5. The van der Waals surface area contributed by atoms with Crippen molar-refractivity contribution in [3.8, 4) is 11.8 Å². The number of nitrogens with zero attached hydrogens (tertiary/aromatic N) is 2. The summed E-state index contributed by atoms with van der Waals surface area (Å²) in [4.78, 5) is 16.5. The highest BCUT2D eigenvalue weighted by Crippen LogP contribution is 2.22. The molecule has 0 spiro atoms. The number of amides is 1. The number of hydrogen-bond donors (Lipinski definition) is 1. The molecule has 26 heavy (non-hydrogen) atoms. The summed E-state index contributed by atoms with van der Waals surface area (Å²) in [5, 5.41) is 11.9. The van der Waals surface area contributed by atoms with Crippen LogP contribution in [-0.4, -0.2) is 17.4 Å². The van der Waals surface area contributed by atoms with Crippen LogP contribution in [0.4, 0.5) is 0 Å². The van der Waals surface area contributed by atoms with Gasteiger partial charge in [0.05, 0.1) is 22.9 Å². The first-order valence-electron chi connectivity index (χ1n) is 9.10. The Kier molecular flexibility index (Phi) is 6.21. The van der Waals surface area contributed by atoms with Gasteiger partial charge in [0.15, 0.2) is 0 Å². The number of aromatic nitrogens is 1. The first-order valence-corrected chi connectivity index (χ1v) is 9.10. The van der Waals surface area contributed by atoms with Crippen molar-refractivity contribution in [3.63, 3.8) is 0 Å². The van der Waals surface area contributed by atoms with Gasteiger partial charge in [-0.1, -0.05) is 25.3 Å². The van der Waals surface area contributed by atoms with Gasteiger partial charge in [0, 0.05) is 12.7 Å². The standard InChI is InChI=1S/C21H23N3O2/c22-12-17-7-4-8-20(11-17)26-15-19-10-9-18(14-23-19)21(25)24-13-16-5-2-1-3-6-16/h4,7-11,14,16H,1-3,5-6,13,15H2,(H,24,25). The molecule has 0 unspecified atom stereocenters. The molecule has 1 aromatic heterocycles. The molecule has 0 saturated heterocycles. The highest BCUT2D eigenvalue weighted by molar-refractivity contribution is 5.93. The van der Waals surface area contributed by atoms with Gasteiger partial charge in [0.1, 0.15) is 12.4 Å². The first kappa shape index (κ1) is 17.9. The van der Waals surface area contributed by atoms with E-state index < -0.39 is 0 Å². The summed E-state index contributed by atoms with van der Waals surface area (Å²) in [7, 11) is 0. The number of carbonyl (C=O) groups is 1. The monoisotopic (exact) mass is 349 g/mol. The maximum absolute atomic E-state index is 12.2. The fourth-order valence-electron chi connectivity index (χ4n) is 3.19. The Balaban J connectivity index is 1.49. The Labute approximate surface area is 154 Å². The quantitative estimate of drug-likeness (QED) is 0.860. The molecule has 2 aromatic rings. The fraction of sp³-hybridized carbons (Fsp3) is 0.381. The van der Waals surface area contributed by atoms with Crippen LogP contribution in [0.2, 0.25) is 0 Å². The first-order chi connectivity index (χ1) is 12.7. The second kappa shape index (κ2) is 9.00. The normalized spacial score (nSPS) is 14.4. The minimum Gasteiger partial charge on any atom is -0.487 e. The molecule has 1 amide bonds. The van der Waals surface area contributed by atoms with Crippen LogP contribution in [0.25, 0.3) is 0 Å². The SMILES string of the molecule is N#Cc1cccc(OCc2ccc(C(=O)NCC3CCCCC3)cn2)c1. The van der Waals surface area contributed by atoms with Crippen molar-refractivity contribution in [1.29, 1.82) is 5.26 Å². The van der Waals surface area contributed by atoms with Gasteiger partial charge in [0.2, 0.25) is 0 Å². The van der Waals surface area contributed by atoms with E-state index in [0.29, 0.717) is 29.4 Å². The van der Waals surface area contributed by atoms with E-state index in [1.807, 2.05) is 0 Å². The van der Waals surface area contributed by atoms with E-state index in [9.17, 15) is 4.79 Å². The van der Waals surface area contributed by atoms with Gasteiger partial charge in [-0.05, 0) is 49.1 Å². The molecule has 0 bridgehead atoms. The number of rotatable bonds is 6. The molecule has 1 aliphatic carbocycles. The maximum Gasteiger partial charge on any atom is 0.252 e. The van der Waals surface area contributed by atoms with Crippen molar-refractivity contribution in [2.45, 2.75) is 38.7 Å². The zero-order valence-corrected chi connectivity index (χ0v) is 14.8. The molecular formula is C21H23N3O2. The van der Waals surface area contributed by atoms with Crippen molar-refractivity contribution in [2.75, 3.05) is 6.54 Å². The average molecular weight is 349 g/mol. The summed E-state index contributed by atoms with van der Waals surface area (Å²) in [6.45, 7) is 1.04. The van der Waals surface area contributed by atoms with E-state index >= 15 is 0 Å². The molecule has 5 nitrogen and oxygen atoms in total. The van der Waals surface area contributed by atoms with Crippen LogP contribution >= 0.6 is 0 Å². The molecule has 5 heteroatoms. The summed E-state index contributed by atoms with van der Waals surface area (Å²) in [5.41, 5.74) is 1.85. The van der Waals surface area contributed by atoms with E-state index in [1.165, 1.54) is 32.1 Å². The van der Waals surface area contributed by atoms with E-state index in [-0.39, 0.29) is 5.91 Å². The smallest absolute Gasteiger partial charge is 0.252 e. The van der Waals surface area contributed by atoms with Crippen LogP contribution < -0.4 is 10.1 Å². The van der Waals surface area contributed by atoms with E-state index in [2.05, 4.69) is 16.4 Å². The van der Waals surface area contributed by atoms with Crippen molar-refractivity contribution < 1.29 is 9.53 Å². The van der Waals surface area contributed by atoms with Crippen LogP contribution in [-0.2, 0) is 6.61 Å². The number of benzene rings is 1. The fourth-order valence-corrected chi connectivity index (χ4v) is 3.19. The number of ether oxygens (including phenoxy) is 1. The Hall–Kier alpha value is -2.87. The van der Waals surface area contributed by atoms with Crippen LogP contribution in [0, 0.1) is 17.2 Å². The second-order valence-electron chi connectivity index (χ2n) is 6.68. The molecule has 0 atom stereocenters. The van der Waals surface area contributed by atoms with Crippen LogP contribution in [0.15, 0.2) is 42.6 Å². The van der Waals surface area contributed by atoms with Gasteiger partial charge in [0.25, 0.3) is 5.91 Å². The highest BCUT2D eigenvalue weighted by Gasteiger charge is 2.15. The molecule has 1 fully saturated rings. The number of hydrogen-bond acceptors (Lipinski definition) is 4. The van der Waals surface area contributed by atoms with Gasteiger partial charge in [-0.3, -0.25) is 9.78 Å². The van der Waals surface area contributed by atoms with Gasteiger partial charge in [-0.25, -0.2) is 0 Å². The number of nitrogens with one attached hydrogen (secondary N) is 1. The molecule has 1 N–H and O–H groups in total. The summed E-state index contributed by atoms with van der Waals surface area (Å²) >= 11 is 0. The third-order valence-electron chi connectivity index (χ3n) is 4.71. The zero-order valence-electron chi connectivity index (χ0n) is 14.8. The summed E-state index contributed by atoms with van der Waals surface area (Å²) in [6, 6.07) is 12.6.